The van der Waals surface area contributed by atoms with E-state index in [2.05, 4.69) is 55.3 Å². The van der Waals surface area contributed by atoms with Crippen LogP contribution in [0.5, 0.6) is 0 Å². The molecular weight excluding hydrogens is 238 g/mol. The Hall–Kier alpha value is -1.52. The van der Waals surface area contributed by atoms with Gasteiger partial charge in [-0.25, -0.2) is 0 Å². The van der Waals surface area contributed by atoms with Gasteiger partial charge >= 0.3 is 0 Å². The normalized spacial score (nSPS) is 13.5. The van der Waals surface area contributed by atoms with E-state index in [-0.39, 0.29) is 0 Å². The highest BCUT2D eigenvalue weighted by atomic mass is 15.3. The highest BCUT2D eigenvalue weighted by molar-refractivity contribution is 5.79. The minimum Gasteiger partial charge on any atom is -0.354 e. The third-order valence-corrected chi connectivity index (χ3v) is 3.48. The van der Waals surface area contributed by atoms with E-state index in [0.29, 0.717) is 6.04 Å². The fraction of sp³-hybridized carbons (Fsp3) is 0.714. The van der Waals surface area contributed by atoms with Crippen molar-refractivity contribution >= 4 is 5.96 Å². The Morgan fingerprint density at radius 2 is 2.05 bits per heavy atom. The maximum atomic E-state index is 4.53. The molecule has 1 atom stereocenters. The summed E-state index contributed by atoms with van der Waals surface area (Å²) in [5, 5.41) is 11.2. The lowest BCUT2D eigenvalue weighted by Gasteiger charge is -2.16. The molecule has 0 bridgehead atoms. The van der Waals surface area contributed by atoms with Crippen molar-refractivity contribution in [2.24, 2.45) is 4.99 Å². The minimum absolute atomic E-state index is 0.423. The number of rotatable bonds is 5. The van der Waals surface area contributed by atoms with Crippen molar-refractivity contribution in [3.8, 4) is 0 Å². The Bertz CT molecular complexity index is 433. The second-order valence-corrected chi connectivity index (χ2v) is 4.84. The predicted molar refractivity (Wildman–Crippen MR) is 80.5 cm³/mol. The topological polar surface area (TPSA) is 54.2 Å². The van der Waals surface area contributed by atoms with Crippen LogP contribution in [0.1, 0.15) is 44.1 Å². The SMILES string of the molecule is CC[C@@H](C)NC(=NC)NCc1c(C)nn(CC)c1C. The molecule has 1 aromatic rings. The average Bonchev–Trinajstić information content (AvgIpc) is 2.69. The number of aryl methyl sites for hydroxylation is 2. The van der Waals surface area contributed by atoms with Crippen LogP contribution in [0.15, 0.2) is 4.99 Å². The molecule has 0 spiro atoms. The smallest absolute Gasteiger partial charge is 0.191 e. The summed E-state index contributed by atoms with van der Waals surface area (Å²) in [6, 6.07) is 0.423. The molecule has 19 heavy (non-hydrogen) atoms. The standard InChI is InChI=1S/C14H27N5/c1-7-10(3)17-14(15-6)16-9-13-11(4)18-19(8-2)12(13)5/h10H,7-9H2,1-6H3,(H2,15,16,17)/t10-/m1/s1. The molecule has 0 aliphatic heterocycles. The van der Waals surface area contributed by atoms with Crippen molar-refractivity contribution in [2.75, 3.05) is 7.05 Å². The molecule has 0 fully saturated rings. The average molecular weight is 265 g/mol. The van der Waals surface area contributed by atoms with Crippen molar-refractivity contribution < 1.29 is 0 Å². The van der Waals surface area contributed by atoms with Gasteiger partial charge in [0.15, 0.2) is 5.96 Å². The van der Waals surface area contributed by atoms with Gasteiger partial charge in [-0.15, -0.1) is 0 Å². The largest absolute Gasteiger partial charge is 0.354 e. The van der Waals surface area contributed by atoms with Crippen molar-refractivity contribution in [3.05, 3.63) is 17.0 Å². The van der Waals surface area contributed by atoms with Crippen LogP contribution in [0.3, 0.4) is 0 Å². The van der Waals surface area contributed by atoms with Crippen molar-refractivity contribution in [3.63, 3.8) is 0 Å². The molecule has 0 amide bonds. The molecule has 0 saturated heterocycles. The van der Waals surface area contributed by atoms with Crippen molar-refractivity contribution in [2.45, 2.75) is 60.2 Å². The lowest BCUT2D eigenvalue weighted by Crippen LogP contribution is -2.41. The maximum Gasteiger partial charge on any atom is 0.191 e. The summed E-state index contributed by atoms with van der Waals surface area (Å²) < 4.78 is 2.04. The number of guanidine groups is 1. The maximum absolute atomic E-state index is 4.53. The van der Waals surface area contributed by atoms with Gasteiger partial charge in [-0.1, -0.05) is 6.92 Å². The number of hydrogen-bond acceptors (Lipinski definition) is 2. The van der Waals surface area contributed by atoms with Gasteiger partial charge in [0.2, 0.25) is 0 Å². The molecule has 108 valence electrons. The first kappa shape index (κ1) is 15.5. The monoisotopic (exact) mass is 265 g/mol. The molecule has 5 nitrogen and oxygen atoms in total. The summed E-state index contributed by atoms with van der Waals surface area (Å²) in [5.41, 5.74) is 3.58. The zero-order valence-electron chi connectivity index (χ0n) is 13.0. The molecule has 0 aromatic carbocycles. The lowest BCUT2D eigenvalue weighted by atomic mass is 10.2. The van der Waals surface area contributed by atoms with Gasteiger partial charge in [-0.2, -0.15) is 5.10 Å². The van der Waals surface area contributed by atoms with Gasteiger partial charge in [0.05, 0.1) is 5.69 Å². The van der Waals surface area contributed by atoms with E-state index >= 15 is 0 Å². The second-order valence-electron chi connectivity index (χ2n) is 4.84. The molecular formula is C14H27N5. The molecule has 5 heteroatoms. The highest BCUT2D eigenvalue weighted by Crippen LogP contribution is 2.12. The van der Waals surface area contributed by atoms with E-state index in [1.165, 1.54) is 11.3 Å². The molecule has 0 aliphatic carbocycles. The molecule has 0 saturated carbocycles. The summed E-state index contributed by atoms with van der Waals surface area (Å²) in [6.45, 7) is 12.3. The van der Waals surface area contributed by atoms with E-state index < -0.39 is 0 Å². The van der Waals surface area contributed by atoms with Gasteiger partial charge in [0.1, 0.15) is 0 Å². The van der Waals surface area contributed by atoms with E-state index in [0.717, 1.165) is 31.2 Å². The molecule has 1 heterocycles. The van der Waals surface area contributed by atoms with E-state index in [1.54, 1.807) is 7.05 Å². The minimum atomic E-state index is 0.423. The first-order valence-electron chi connectivity index (χ1n) is 7.03. The number of aromatic nitrogens is 2. The van der Waals surface area contributed by atoms with Gasteiger partial charge < -0.3 is 10.6 Å². The number of aliphatic imine (C=N–C) groups is 1. The Morgan fingerprint density at radius 3 is 2.53 bits per heavy atom. The summed E-state index contributed by atoms with van der Waals surface area (Å²) in [5.74, 6) is 0.845. The molecule has 0 radical (unpaired) electrons. The Morgan fingerprint density at radius 1 is 1.37 bits per heavy atom. The van der Waals surface area contributed by atoms with Crippen molar-refractivity contribution in [1.82, 2.24) is 20.4 Å². The summed E-state index contributed by atoms with van der Waals surface area (Å²) in [6.07, 6.45) is 1.08. The third-order valence-electron chi connectivity index (χ3n) is 3.48. The molecule has 1 aromatic heterocycles. The fourth-order valence-corrected chi connectivity index (χ4v) is 2.00. The first-order chi connectivity index (χ1) is 9.03. The van der Waals surface area contributed by atoms with E-state index in [9.17, 15) is 0 Å². The van der Waals surface area contributed by atoms with Crippen LogP contribution in [0.25, 0.3) is 0 Å². The van der Waals surface area contributed by atoms with Gasteiger partial charge in [0, 0.05) is 37.4 Å². The van der Waals surface area contributed by atoms with Crippen molar-refractivity contribution in [1.29, 1.82) is 0 Å². The Labute approximate surface area is 116 Å². The second kappa shape index (κ2) is 7.16. The Kier molecular flexibility index (Phi) is 5.86. The lowest BCUT2D eigenvalue weighted by molar-refractivity contribution is 0.622. The predicted octanol–water partition coefficient (Wildman–Crippen LogP) is 1.98. The van der Waals surface area contributed by atoms with E-state index in [4.69, 9.17) is 0 Å². The van der Waals surface area contributed by atoms with Gasteiger partial charge in [-0.3, -0.25) is 9.67 Å². The zero-order valence-corrected chi connectivity index (χ0v) is 13.0. The zero-order chi connectivity index (χ0) is 14.4. The molecule has 1 rings (SSSR count). The van der Waals surface area contributed by atoms with E-state index in [1.807, 2.05) is 4.68 Å². The van der Waals surface area contributed by atoms with Crippen LogP contribution in [0.4, 0.5) is 0 Å². The summed E-state index contributed by atoms with van der Waals surface area (Å²) in [7, 11) is 1.80. The van der Waals surface area contributed by atoms with Crippen LogP contribution >= 0.6 is 0 Å². The highest BCUT2D eigenvalue weighted by Gasteiger charge is 2.11. The number of nitrogens with zero attached hydrogens (tertiary/aromatic N) is 3. The molecule has 2 N–H and O–H groups in total. The van der Waals surface area contributed by atoms with Crippen LogP contribution in [0, 0.1) is 13.8 Å². The summed E-state index contributed by atoms with van der Waals surface area (Å²) >= 11 is 0. The van der Waals surface area contributed by atoms with Crippen LogP contribution in [0.2, 0.25) is 0 Å². The summed E-state index contributed by atoms with van der Waals surface area (Å²) in [4.78, 5) is 4.24. The fourth-order valence-electron chi connectivity index (χ4n) is 2.00. The molecule has 0 aliphatic rings. The number of nitrogens with one attached hydrogen (secondary N) is 2. The third kappa shape index (κ3) is 3.98. The van der Waals surface area contributed by atoms with Gasteiger partial charge in [-0.05, 0) is 34.1 Å². The molecule has 0 unspecified atom stereocenters. The van der Waals surface area contributed by atoms with Crippen LogP contribution in [-0.2, 0) is 13.1 Å². The number of hydrogen-bond donors (Lipinski definition) is 2. The van der Waals surface area contributed by atoms with Gasteiger partial charge in [0.25, 0.3) is 0 Å². The van der Waals surface area contributed by atoms with Crippen LogP contribution in [-0.4, -0.2) is 28.8 Å². The Balaban J connectivity index is 2.68. The quantitative estimate of drug-likeness (QED) is 0.632. The first-order valence-corrected chi connectivity index (χ1v) is 7.03. The van der Waals surface area contributed by atoms with Crippen LogP contribution < -0.4 is 10.6 Å².